The van der Waals surface area contributed by atoms with Crippen LogP contribution in [0.15, 0.2) is 54.7 Å². The van der Waals surface area contributed by atoms with E-state index in [0.29, 0.717) is 41.1 Å². The number of rotatable bonds is 7. The maximum absolute atomic E-state index is 6.27. The third kappa shape index (κ3) is 3.99. The molecular formula is C22H24N6O2. The number of methoxy groups -OCH3 is 1. The van der Waals surface area contributed by atoms with E-state index in [1.54, 1.807) is 25.4 Å². The lowest BCUT2D eigenvalue weighted by Gasteiger charge is -2.20. The number of H-pyrrole nitrogens is 1. The summed E-state index contributed by atoms with van der Waals surface area (Å²) in [6.07, 6.45) is 1.80. The first-order valence-electron chi connectivity index (χ1n) is 9.53. The Hall–Kier alpha value is -3.78. The maximum atomic E-state index is 6.27. The van der Waals surface area contributed by atoms with Crippen molar-refractivity contribution in [2.24, 2.45) is 0 Å². The average Bonchev–Trinajstić information content (AvgIpc) is 3.21. The molecule has 8 heteroatoms. The maximum Gasteiger partial charge on any atom is 0.232 e. The number of fused-ring (bicyclic) bond motifs is 1. The number of ether oxygens (including phenoxy) is 2. The van der Waals surface area contributed by atoms with Gasteiger partial charge in [0.1, 0.15) is 11.4 Å². The second kappa shape index (κ2) is 8.30. The Morgan fingerprint density at radius 1 is 1.07 bits per heavy atom. The van der Waals surface area contributed by atoms with Crippen molar-refractivity contribution in [2.45, 2.75) is 0 Å². The zero-order chi connectivity index (χ0) is 21.1. The highest BCUT2D eigenvalue weighted by Crippen LogP contribution is 2.33. The molecule has 2 aromatic carbocycles. The van der Waals surface area contributed by atoms with Gasteiger partial charge >= 0.3 is 0 Å². The fourth-order valence-electron chi connectivity index (χ4n) is 3.13. The van der Waals surface area contributed by atoms with Crippen LogP contribution in [-0.2, 0) is 4.74 Å². The number of benzene rings is 2. The van der Waals surface area contributed by atoms with Gasteiger partial charge in [-0.2, -0.15) is 4.98 Å². The Labute approximate surface area is 174 Å². The molecule has 4 rings (SSSR count). The minimum absolute atomic E-state index is 0.430. The Bertz CT molecular complexity index is 1170. The number of nitrogen functional groups attached to an aromatic ring is 2. The minimum Gasteiger partial charge on any atom is -0.438 e. The molecular weight excluding hydrogens is 380 g/mol. The zero-order valence-electron chi connectivity index (χ0n) is 16.9. The van der Waals surface area contributed by atoms with Crippen LogP contribution in [-0.4, -0.2) is 42.3 Å². The number of aromatic amines is 1. The van der Waals surface area contributed by atoms with Crippen LogP contribution in [0.3, 0.4) is 0 Å². The molecule has 30 heavy (non-hydrogen) atoms. The molecule has 0 radical (unpaired) electrons. The van der Waals surface area contributed by atoms with Crippen molar-refractivity contribution in [3.63, 3.8) is 0 Å². The summed E-state index contributed by atoms with van der Waals surface area (Å²) in [4.78, 5) is 14.5. The lowest BCUT2D eigenvalue weighted by atomic mass is 10.1. The highest BCUT2D eigenvalue weighted by atomic mass is 16.5. The first kappa shape index (κ1) is 19.5. The first-order valence-corrected chi connectivity index (χ1v) is 9.53. The SMILES string of the molecule is COCCN(C)c1ccc(N)c(-c2nc(Oc3cccc(N)c3)c3cc[nH]c3n2)c1. The van der Waals surface area contributed by atoms with Crippen molar-refractivity contribution in [1.29, 1.82) is 0 Å². The van der Waals surface area contributed by atoms with Gasteiger partial charge in [-0.3, -0.25) is 0 Å². The molecule has 0 aliphatic rings. The van der Waals surface area contributed by atoms with Crippen LogP contribution in [0.25, 0.3) is 22.4 Å². The van der Waals surface area contributed by atoms with E-state index in [0.717, 1.165) is 23.2 Å². The van der Waals surface area contributed by atoms with Crippen molar-refractivity contribution >= 4 is 28.1 Å². The number of nitrogens with zero attached hydrogens (tertiary/aromatic N) is 3. The van der Waals surface area contributed by atoms with E-state index in [9.17, 15) is 0 Å². The van der Waals surface area contributed by atoms with Crippen LogP contribution in [0.1, 0.15) is 0 Å². The predicted molar refractivity (Wildman–Crippen MR) is 120 cm³/mol. The molecule has 0 saturated carbocycles. The van der Waals surface area contributed by atoms with Gasteiger partial charge in [0.05, 0.1) is 12.0 Å². The van der Waals surface area contributed by atoms with Crippen LogP contribution in [0.4, 0.5) is 17.1 Å². The van der Waals surface area contributed by atoms with E-state index in [-0.39, 0.29) is 0 Å². The largest absolute Gasteiger partial charge is 0.438 e. The van der Waals surface area contributed by atoms with Gasteiger partial charge in [0, 0.05) is 55.6 Å². The van der Waals surface area contributed by atoms with Crippen LogP contribution >= 0.6 is 0 Å². The molecule has 0 aliphatic carbocycles. The van der Waals surface area contributed by atoms with Crippen molar-refractivity contribution in [3.05, 3.63) is 54.7 Å². The van der Waals surface area contributed by atoms with E-state index < -0.39 is 0 Å². The highest BCUT2D eigenvalue weighted by Gasteiger charge is 2.15. The molecule has 0 aliphatic heterocycles. The lowest BCUT2D eigenvalue weighted by Crippen LogP contribution is -2.22. The van der Waals surface area contributed by atoms with Crippen molar-refractivity contribution in [3.8, 4) is 23.0 Å². The predicted octanol–water partition coefficient (Wildman–Crippen LogP) is 3.66. The van der Waals surface area contributed by atoms with E-state index in [1.165, 1.54) is 0 Å². The molecule has 0 unspecified atom stereocenters. The molecule has 0 saturated heterocycles. The summed E-state index contributed by atoms with van der Waals surface area (Å²) in [5.74, 6) is 1.51. The normalized spacial score (nSPS) is 11.0. The number of likely N-dealkylation sites (N-methyl/N-ethyl adjacent to an activating group) is 1. The lowest BCUT2D eigenvalue weighted by molar-refractivity contribution is 0.206. The summed E-state index contributed by atoms with van der Waals surface area (Å²) in [6, 6.07) is 14.9. The fraction of sp³-hybridized carbons (Fsp3) is 0.182. The molecule has 154 valence electrons. The molecule has 2 aromatic heterocycles. The van der Waals surface area contributed by atoms with Gasteiger partial charge in [0.15, 0.2) is 5.82 Å². The standard InChI is InChI=1S/C22H24N6O2/c1-28(10-11-29-2)15-6-7-19(24)18(13-15)21-26-20-17(8-9-25-20)22(27-21)30-16-5-3-4-14(23)12-16/h3-9,12-13H,10-11,23-24H2,1-2H3,(H,25,26,27). The number of nitrogens with two attached hydrogens (primary N) is 2. The minimum atomic E-state index is 0.430. The second-order valence-electron chi connectivity index (χ2n) is 6.95. The topological polar surface area (TPSA) is 115 Å². The van der Waals surface area contributed by atoms with Crippen LogP contribution < -0.4 is 21.1 Å². The Kier molecular flexibility index (Phi) is 5.40. The van der Waals surface area contributed by atoms with E-state index in [4.69, 9.17) is 20.9 Å². The van der Waals surface area contributed by atoms with Gasteiger partial charge in [0.2, 0.25) is 5.88 Å². The van der Waals surface area contributed by atoms with Gasteiger partial charge in [-0.25, -0.2) is 4.98 Å². The third-order valence-electron chi connectivity index (χ3n) is 4.80. The van der Waals surface area contributed by atoms with Crippen molar-refractivity contribution in [2.75, 3.05) is 43.7 Å². The summed E-state index contributed by atoms with van der Waals surface area (Å²) in [5.41, 5.74) is 15.7. The summed E-state index contributed by atoms with van der Waals surface area (Å²) in [7, 11) is 3.68. The van der Waals surface area contributed by atoms with Crippen molar-refractivity contribution < 1.29 is 9.47 Å². The van der Waals surface area contributed by atoms with Gasteiger partial charge in [-0.05, 0) is 36.4 Å². The summed E-state index contributed by atoms with van der Waals surface area (Å²) in [6.45, 7) is 1.37. The Morgan fingerprint density at radius 3 is 2.73 bits per heavy atom. The molecule has 8 nitrogen and oxygen atoms in total. The average molecular weight is 404 g/mol. The van der Waals surface area contributed by atoms with E-state index in [2.05, 4.69) is 19.9 Å². The van der Waals surface area contributed by atoms with Gasteiger partial charge < -0.3 is 30.8 Å². The number of anilines is 3. The van der Waals surface area contributed by atoms with Gasteiger partial charge in [-0.1, -0.05) is 6.07 Å². The Morgan fingerprint density at radius 2 is 1.93 bits per heavy atom. The van der Waals surface area contributed by atoms with Gasteiger partial charge in [-0.15, -0.1) is 0 Å². The molecule has 0 amide bonds. The summed E-state index contributed by atoms with van der Waals surface area (Å²) < 4.78 is 11.2. The molecule has 4 aromatic rings. The number of nitrogens with one attached hydrogen (secondary N) is 1. The fourth-order valence-corrected chi connectivity index (χ4v) is 3.13. The number of hydrogen-bond donors (Lipinski definition) is 3. The van der Waals surface area contributed by atoms with Crippen molar-refractivity contribution in [1.82, 2.24) is 15.0 Å². The molecule has 2 heterocycles. The number of hydrogen-bond acceptors (Lipinski definition) is 7. The second-order valence-corrected chi connectivity index (χ2v) is 6.95. The quantitative estimate of drug-likeness (QED) is 0.403. The molecule has 0 bridgehead atoms. The van der Waals surface area contributed by atoms with E-state index in [1.807, 2.05) is 43.4 Å². The molecule has 0 atom stereocenters. The van der Waals surface area contributed by atoms with Crippen LogP contribution in [0.2, 0.25) is 0 Å². The first-order chi connectivity index (χ1) is 14.5. The third-order valence-corrected chi connectivity index (χ3v) is 4.80. The smallest absolute Gasteiger partial charge is 0.232 e. The van der Waals surface area contributed by atoms with E-state index >= 15 is 0 Å². The van der Waals surface area contributed by atoms with Gasteiger partial charge in [0.25, 0.3) is 0 Å². The number of aromatic nitrogens is 3. The monoisotopic (exact) mass is 404 g/mol. The highest BCUT2D eigenvalue weighted by molar-refractivity contribution is 5.85. The summed E-state index contributed by atoms with van der Waals surface area (Å²) in [5, 5.41) is 0.771. The molecule has 0 fully saturated rings. The summed E-state index contributed by atoms with van der Waals surface area (Å²) >= 11 is 0. The Balaban J connectivity index is 1.76. The van der Waals surface area contributed by atoms with Crippen LogP contribution in [0, 0.1) is 0 Å². The van der Waals surface area contributed by atoms with Crippen LogP contribution in [0.5, 0.6) is 11.6 Å². The molecule has 0 spiro atoms. The molecule has 5 N–H and O–H groups in total. The zero-order valence-corrected chi connectivity index (χ0v) is 16.9.